The molecule has 6 heteroatoms. The number of carbonyl (C=O) groups is 2. The van der Waals surface area contributed by atoms with E-state index in [0.29, 0.717) is 18.4 Å². The SMILES string of the molecule is COc1cccc(N2CCN(CCCCN3C(=O)C4C5C=CC(C6C=CC65)C4C3=O)CC2)c1. The lowest BCUT2D eigenvalue weighted by atomic mass is 9.50. The number of allylic oxidation sites excluding steroid dienone is 4. The number of amides is 2. The molecule has 1 aromatic carbocycles. The number of imide groups is 1. The van der Waals surface area contributed by atoms with E-state index in [0.717, 1.165) is 51.3 Å². The minimum absolute atomic E-state index is 0.0926. The summed E-state index contributed by atoms with van der Waals surface area (Å²) >= 11 is 0. The highest BCUT2D eigenvalue weighted by Crippen LogP contribution is 2.58. The minimum Gasteiger partial charge on any atom is -0.497 e. The van der Waals surface area contributed by atoms with Crippen molar-refractivity contribution in [3.8, 4) is 5.75 Å². The largest absolute Gasteiger partial charge is 0.497 e. The van der Waals surface area contributed by atoms with E-state index in [2.05, 4.69) is 46.2 Å². The summed E-state index contributed by atoms with van der Waals surface area (Å²) in [6.45, 7) is 5.69. The van der Waals surface area contributed by atoms with E-state index in [9.17, 15) is 9.59 Å². The highest BCUT2D eigenvalue weighted by molar-refractivity contribution is 6.06. The van der Waals surface area contributed by atoms with Crippen molar-refractivity contribution in [2.75, 3.05) is 51.3 Å². The maximum Gasteiger partial charge on any atom is 0.233 e. The monoisotopic (exact) mass is 447 g/mol. The topological polar surface area (TPSA) is 53.1 Å². The fourth-order valence-electron chi connectivity index (χ4n) is 6.82. The Hall–Kier alpha value is -2.60. The van der Waals surface area contributed by atoms with Gasteiger partial charge in [0, 0.05) is 44.5 Å². The molecule has 0 radical (unpaired) electrons. The van der Waals surface area contributed by atoms with Gasteiger partial charge in [-0.1, -0.05) is 30.4 Å². The van der Waals surface area contributed by atoms with Crippen molar-refractivity contribution in [1.29, 1.82) is 0 Å². The van der Waals surface area contributed by atoms with Crippen molar-refractivity contribution >= 4 is 17.5 Å². The molecule has 0 spiro atoms. The van der Waals surface area contributed by atoms with Gasteiger partial charge in [0.05, 0.1) is 18.9 Å². The zero-order valence-electron chi connectivity index (χ0n) is 19.3. The molecule has 2 amide bonds. The van der Waals surface area contributed by atoms with E-state index in [1.54, 1.807) is 12.0 Å². The Kier molecular flexibility index (Phi) is 5.28. The van der Waals surface area contributed by atoms with E-state index in [1.807, 2.05) is 12.1 Å². The quantitative estimate of drug-likeness (QED) is 0.366. The smallest absolute Gasteiger partial charge is 0.233 e. The lowest BCUT2D eigenvalue weighted by molar-refractivity contribution is -0.140. The molecule has 1 aromatic rings. The van der Waals surface area contributed by atoms with Crippen LogP contribution >= 0.6 is 0 Å². The van der Waals surface area contributed by atoms with E-state index in [1.165, 1.54) is 5.69 Å². The van der Waals surface area contributed by atoms with Crippen LogP contribution in [0.25, 0.3) is 0 Å². The van der Waals surface area contributed by atoms with Crippen molar-refractivity contribution in [3.63, 3.8) is 0 Å². The molecule has 6 unspecified atom stereocenters. The number of ether oxygens (including phenoxy) is 1. The zero-order chi connectivity index (χ0) is 22.5. The van der Waals surface area contributed by atoms with E-state index in [-0.39, 0.29) is 35.5 Å². The lowest BCUT2D eigenvalue weighted by Gasteiger charge is -2.51. The lowest BCUT2D eigenvalue weighted by Crippen LogP contribution is -2.50. The second-order valence-electron chi connectivity index (χ2n) is 10.2. The summed E-state index contributed by atoms with van der Waals surface area (Å²) in [7, 11) is 1.70. The van der Waals surface area contributed by atoms with Gasteiger partial charge in [0.2, 0.25) is 11.8 Å². The second-order valence-corrected chi connectivity index (χ2v) is 10.2. The number of unbranched alkanes of at least 4 members (excludes halogenated alkanes) is 1. The Morgan fingerprint density at radius 3 is 2.03 bits per heavy atom. The standard InChI is InChI=1S/C27H33N3O3/c1-33-19-6-4-5-18(17-19)29-15-13-28(14-16-29)11-2-3-12-30-26(31)24-22-9-10-23(25(24)27(30)32)21-8-7-20(21)22/h4-10,17,20-25H,2-3,11-16H2,1H3. The van der Waals surface area contributed by atoms with Gasteiger partial charge in [-0.05, 0) is 55.2 Å². The van der Waals surface area contributed by atoms with Gasteiger partial charge in [-0.15, -0.1) is 0 Å². The normalized spacial score (nSPS) is 34.5. The Morgan fingerprint density at radius 1 is 0.818 bits per heavy atom. The van der Waals surface area contributed by atoms with Gasteiger partial charge in [0.25, 0.3) is 0 Å². The van der Waals surface area contributed by atoms with Crippen LogP contribution in [0, 0.1) is 35.5 Å². The summed E-state index contributed by atoms with van der Waals surface area (Å²) in [5.41, 5.74) is 1.22. The fraction of sp³-hybridized carbons (Fsp3) is 0.556. The maximum absolute atomic E-state index is 13.2. The third-order valence-electron chi connectivity index (χ3n) is 8.66. The average Bonchev–Trinajstić information content (AvgIpc) is 3.08. The highest BCUT2D eigenvalue weighted by atomic mass is 16.5. The zero-order valence-corrected chi connectivity index (χ0v) is 19.3. The van der Waals surface area contributed by atoms with Crippen LogP contribution in [0.4, 0.5) is 5.69 Å². The van der Waals surface area contributed by atoms with Crippen LogP contribution in [0.15, 0.2) is 48.6 Å². The highest BCUT2D eigenvalue weighted by Gasteiger charge is 2.62. The molecule has 6 aliphatic rings. The minimum atomic E-state index is -0.108. The number of hydrogen-bond donors (Lipinski definition) is 0. The Morgan fingerprint density at radius 2 is 1.42 bits per heavy atom. The van der Waals surface area contributed by atoms with Crippen LogP contribution in [0.2, 0.25) is 0 Å². The Bertz CT molecular complexity index is 956. The van der Waals surface area contributed by atoms with Gasteiger partial charge in [0.15, 0.2) is 0 Å². The van der Waals surface area contributed by atoms with Crippen LogP contribution in [-0.2, 0) is 9.59 Å². The van der Waals surface area contributed by atoms with Crippen LogP contribution in [0.1, 0.15) is 12.8 Å². The van der Waals surface area contributed by atoms with Crippen molar-refractivity contribution < 1.29 is 14.3 Å². The van der Waals surface area contributed by atoms with Crippen LogP contribution in [-0.4, -0.2) is 68.0 Å². The number of likely N-dealkylation sites (tertiary alicyclic amines) is 1. The van der Waals surface area contributed by atoms with Gasteiger partial charge in [0.1, 0.15) is 5.75 Å². The summed E-state index contributed by atoms with van der Waals surface area (Å²) in [5.74, 6) is 2.29. The molecule has 2 heterocycles. The molecular weight excluding hydrogens is 414 g/mol. The van der Waals surface area contributed by atoms with Gasteiger partial charge < -0.3 is 9.64 Å². The average molecular weight is 448 g/mol. The van der Waals surface area contributed by atoms with Crippen LogP contribution in [0.5, 0.6) is 5.75 Å². The number of nitrogens with zero attached hydrogens (tertiary/aromatic N) is 3. The summed E-state index contributed by atoms with van der Waals surface area (Å²) in [5, 5.41) is 0. The first-order valence-electron chi connectivity index (χ1n) is 12.5. The van der Waals surface area contributed by atoms with E-state index >= 15 is 0 Å². The maximum atomic E-state index is 13.2. The third-order valence-corrected chi connectivity index (χ3v) is 8.66. The van der Waals surface area contributed by atoms with Crippen molar-refractivity contribution in [3.05, 3.63) is 48.6 Å². The summed E-state index contributed by atoms with van der Waals surface area (Å²) in [6, 6.07) is 8.26. The van der Waals surface area contributed by atoms with Gasteiger partial charge in [-0.3, -0.25) is 19.4 Å². The number of piperazine rings is 1. The van der Waals surface area contributed by atoms with Crippen LogP contribution < -0.4 is 9.64 Å². The van der Waals surface area contributed by atoms with Gasteiger partial charge in [-0.2, -0.15) is 0 Å². The molecule has 1 saturated carbocycles. The molecule has 6 nitrogen and oxygen atoms in total. The molecule has 0 N–H and O–H groups in total. The first-order chi connectivity index (χ1) is 16.2. The number of anilines is 1. The molecular formula is C27H33N3O3. The van der Waals surface area contributed by atoms with E-state index < -0.39 is 0 Å². The molecule has 2 aliphatic heterocycles. The second kappa shape index (κ2) is 8.32. The third kappa shape index (κ3) is 3.41. The van der Waals surface area contributed by atoms with Gasteiger partial charge >= 0.3 is 0 Å². The van der Waals surface area contributed by atoms with Crippen molar-refractivity contribution in [2.45, 2.75) is 12.8 Å². The first-order valence-corrected chi connectivity index (χ1v) is 12.5. The molecule has 174 valence electrons. The number of hydrogen-bond acceptors (Lipinski definition) is 5. The summed E-state index contributed by atoms with van der Waals surface area (Å²) < 4.78 is 5.35. The van der Waals surface area contributed by atoms with Crippen LogP contribution in [0.3, 0.4) is 0 Å². The predicted octanol–water partition coefficient (Wildman–Crippen LogP) is 2.82. The Labute approximate surface area is 195 Å². The van der Waals surface area contributed by atoms with Gasteiger partial charge in [-0.25, -0.2) is 0 Å². The molecule has 2 bridgehead atoms. The molecule has 0 aromatic heterocycles. The first kappa shape index (κ1) is 21.0. The summed E-state index contributed by atoms with van der Waals surface area (Å²) in [6.07, 6.45) is 10.8. The summed E-state index contributed by atoms with van der Waals surface area (Å²) in [4.78, 5) is 32.8. The molecule has 2 saturated heterocycles. The Balaban J connectivity index is 0.973. The number of rotatable bonds is 7. The molecule has 4 aliphatic carbocycles. The molecule has 3 fully saturated rings. The number of methoxy groups -OCH3 is 1. The van der Waals surface area contributed by atoms with Crippen molar-refractivity contribution in [1.82, 2.24) is 9.80 Å². The number of carbonyl (C=O) groups excluding carboxylic acids is 2. The molecule has 33 heavy (non-hydrogen) atoms. The van der Waals surface area contributed by atoms with E-state index in [4.69, 9.17) is 4.74 Å². The van der Waals surface area contributed by atoms with Crippen molar-refractivity contribution in [2.24, 2.45) is 35.5 Å². The fourth-order valence-corrected chi connectivity index (χ4v) is 6.82. The molecule has 6 atom stereocenters. The molecule has 7 rings (SSSR count). The predicted molar refractivity (Wildman–Crippen MR) is 127 cm³/mol. The number of benzene rings is 1.